The van der Waals surface area contributed by atoms with Crippen molar-refractivity contribution in [3.05, 3.63) is 23.9 Å². The average Bonchev–Trinajstić information content (AvgIpc) is 2.71. The molecule has 0 spiro atoms. The molecule has 1 heterocycles. The van der Waals surface area contributed by atoms with Gasteiger partial charge in [-0.1, -0.05) is 25.7 Å². The van der Waals surface area contributed by atoms with E-state index in [1.165, 1.54) is 44.1 Å². The van der Waals surface area contributed by atoms with Gasteiger partial charge in [-0.25, -0.2) is 4.98 Å². The first-order valence-corrected chi connectivity index (χ1v) is 8.13. The van der Waals surface area contributed by atoms with Crippen LogP contribution >= 0.6 is 0 Å². The predicted octanol–water partition coefficient (Wildman–Crippen LogP) is 2.45. The standard InChI is InChI=1S/C17H30N4/c1-19-15(12-14-8-11-20-16(18)13-14)17(21(2)3)9-6-4-5-7-10-17/h8,11,13,15,19H,4-7,9-10,12H2,1-3H3,(H2,18,20). The second-order valence-electron chi connectivity index (χ2n) is 6.55. The number of rotatable bonds is 5. The van der Waals surface area contributed by atoms with Crippen LogP contribution < -0.4 is 11.1 Å². The number of nitrogen functional groups attached to an aromatic ring is 1. The molecule has 2 rings (SSSR count). The molecule has 4 heteroatoms. The Morgan fingerprint density at radius 3 is 2.48 bits per heavy atom. The van der Waals surface area contributed by atoms with E-state index in [-0.39, 0.29) is 5.54 Å². The van der Waals surface area contributed by atoms with Crippen molar-refractivity contribution in [2.24, 2.45) is 0 Å². The quantitative estimate of drug-likeness (QED) is 0.818. The van der Waals surface area contributed by atoms with Crippen molar-refractivity contribution in [2.75, 3.05) is 26.9 Å². The Kier molecular flexibility index (Phi) is 5.59. The van der Waals surface area contributed by atoms with Crippen LogP contribution in [0.3, 0.4) is 0 Å². The summed E-state index contributed by atoms with van der Waals surface area (Å²) in [7, 11) is 6.55. The minimum Gasteiger partial charge on any atom is -0.384 e. The largest absolute Gasteiger partial charge is 0.384 e. The Morgan fingerprint density at radius 2 is 1.95 bits per heavy atom. The van der Waals surface area contributed by atoms with Crippen LogP contribution in [0.25, 0.3) is 0 Å². The van der Waals surface area contributed by atoms with Gasteiger partial charge in [-0.15, -0.1) is 0 Å². The molecule has 1 fully saturated rings. The predicted molar refractivity (Wildman–Crippen MR) is 89.3 cm³/mol. The van der Waals surface area contributed by atoms with Gasteiger partial charge in [0.2, 0.25) is 0 Å². The lowest BCUT2D eigenvalue weighted by atomic mass is 9.78. The number of nitrogens with one attached hydrogen (secondary N) is 1. The molecule has 0 amide bonds. The zero-order valence-corrected chi connectivity index (χ0v) is 13.7. The molecule has 1 saturated carbocycles. The fourth-order valence-corrected chi connectivity index (χ4v) is 3.87. The number of nitrogens with zero attached hydrogens (tertiary/aromatic N) is 2. The van der Waals surface area contributed by atoms with Crippen molar-refractivity contribution in [3.8, 4) is 0 Å². The minimum atomic E-state index is 0.239. The van der Waals surface area contributed by atoms with Crippen LogP contribution in [0.2, 0.25) is 0 Å². The molecule has 21 heavy (non-hydrogen) atoms. The van der Waals surface area contributed by atoms with E-state index in [2.05, 4.69) is 42.4 Å². The second kappa shape index (κ2) is 7.23. The molecule has 118 valence electrons. The van der Waals surface area contributed by atoms with E-state index in [0.717, 1.165) is 6.42 Å². The second-order valence-corrected chi connectivity index (χ2v) is 6.55. The first-order chi connectivity index (χ1) is 10.1. The molecule has 3 N–H and O–H groups in total. The molecule has 1 aliphatic rings. The van der Waals surface area contributed by atoms with E-state index in [9.17, 15) is 0 Å². The number of aromatic nitrogens is 1. The third kappa shape index (κ3) is 3.74. The lowest BCUT2D eigenvalue weighted by Crippen LogP contribution is -2.59. The van der Waals surface area contributed by atoms with Gasteiger partial charge in [0.1, 0.15) is 5.82 Å². The minimum absolute atomic E-state index is 0.239. The molecular formula is C17H30N4. The van der Waals surface area contributed by atoms with Crippen LogP contribution in [-0.4, -0.2) is 42.6 Å². The van der Waals surface area contributed by atoms with E-state index in [1.54, 1.807) is 0 Å². The first kappa shape index (κ1) is 16.2. The summed E-state index contributed by atoms with van der Waals surface area (Å²) in [5, 5.41) is 3.59. The molecule has 0 aromatic carbocycles. The maximum atomic E-state index is 5.83. The zero-order chi connectivity index (χ0) is 15.3. The molecular weight excluding hydrogens is 260 g/mol. The SMILES string of the molecule is CNC(Cc1ccnc(N)c1)C1(N(C)C)CCCCCC1. The van der Waals surface area contributed by atoms with Crippen molar-refractivity contribution in [3.63, 3.8) is 0 Å². The maximum absolute atomic E-state index is 5.83. The van der Waals surface area contributed by atoms with Crippen molar-refractivity contribution < 1.29 is 0 Å². The highest BCUT2D eigenvalue weighted by Crippen LogP contribution is 2.35. The number of anilines is 1. The third-order valence-corrected chi connectivity index (χ3v) is 5.14. The lowest BCUT2D eigenvalue weighted by molar-refractivity contribution is 0.0835. The van der Waals surface area contributed by atoms with Gasteiger partial charge in [-0.3, -0.25) is 0 Å². The summed E-state index contributed by atoms with van der Waals surface area (Å²) < 4.78 is 0. The summed E-state index contributed by atoms with van der Waals surface area (Å²) in [5.74, 6) is 0.613. The monoisotopic (exact) mass is 290 g/mol. The van der Waals surface area contributed by atoms with Crippen LogP contribution in [0.4, 0.5) is 5.82 Å². The van der Waals surface area contributed by atoms with Crippen molar-refractivity contribution >= 4 is 5.82 Å². The van der Waals surface area contributed by atoms with Crippen LogP contribution in [0.1, 0.15) is 44.1 Å². The smallest absolute Gasteiger partial charge is 0.123 e. The normalized spacial score (nSPS) is 20.2. The van der Waals surface area contributed by atoms with E-state index in [0.29, 0.717) is 11.9 Å². The van der Waals surface area contributed by atoms with Crippen LogP contribution in [-0.2, 0) is 6.42 Å². The summed E-state index contributed by atoms with van der Waals surface area (Å²) in [5.41, 5.74) is 7.34. The molecule has 1 aromatic rings. The molecule has 1 aliphatic carbocycles. The number of pyridine rings is 1. The van der Waals surface area contributed by atoms with Gasteiger partial charge < -0.3 is 16.0 Å². The van der Waals surface area contributed by atoms with Gasteiger partial charge in [0, 0.05) is 17.8 Å². The molecule has 0 bridgehead atoms. The molecule has 1 aromatic heterocycles. The summed E-state index contributed by atoms with van der Waals surface area (Å²) in [6, 6.07) is 4.53. The average molecular weight is 290 g/mol. The highest BCUT2D eigenvalue weighted by Gasteiger charge is 2.40. The topological polar surface area (TPSA) is 54.2 Å². The van der Waals surface area contributed by atoms with Crippen LogP contribution in [0.15, 0.2) is 18.3 Å². The molecule has 0 saturated heterocycles. The van der Waals surface area contributed by atoms with Gasteiger partial charge in [-0.05, 0) is 58.1 Å². The number of likely N-dealkylation sites (N-methyl/N-ethyl adjacent to an activating group) is 2. The Balaban J connectivity index is 2.23. The highest BCUT2D eigenvalue weighted by molar-refractivity contribution is 5.32. The Bertz CT molecular complexity index is 436. The summed E-state index contributed by atoms with van der Waals surface area (Å²) in [6.45, 7) is 0. The van der Waals surface area contributed by atoms with Crippen molar-refractivity contribution in [2.45, 2.75) is 56.5 Å². The highest BCUT2D eigenvalue weighted by atomic mass is 15.2. The van der Waals surface area contributed by atoms with Crippen molar-refractivity contribution in [1.82, 2.24) is 15.2 Å². The van der Waals surface area contributed by atoms with E-state index >= 15 is 0 Å². The van der Waals surface area contributed by atoms with Crippen molar-refractivity contribution in [1.29, 1.82) is 0 Å². The Morgan fingerprint density at radius 1 is 1.29 bits per heavy atom. The lowest BCUT2D eigenvalue weighted by Gasteiger charge is -2.46. The van der Waals surface area contributed by atoms with Gasteiger partial charge >= 0.3 is 0 Å². The number of nitrogens with two attached hydrogens (primary N) is 1. The first-order valence-electron chi connectivity index (χ1n) is 8.13. The number of hydrogen-bond donors (Lipinski definition) is 2. The summed E-state index contributed by atoms with van der Waals surface area (Å²) in [4.78, 5) is 6.55. The fraction of sp³-hybridized carbons (Fsp3) is 0.706. The van der Waals surface area contributed by atoms with Gasteiger partial charge in [0.15, 0.2) is 0 Å². The van der Waals surface area contributed by atoms with E-state index in [1.807, 2.05) is 12.3 Å². The van der Waals surface area contributed by atoms with Gasteiger partial charge in [0.05, 0.1) is 0 Å². The Labute approximate surface area is 129 Å². The Hall–Kier alpha value is -1.13. The van der Waals surface area contributed by atoms with E-state index in [4.69, 9.17) is 5.73 Å². The van der Waals surface area contributed by atoms with Gasteiger partial charge in [-0.2, -0.15) is 0 Å². The summed E-state index contributed by atoms with van der Waals surface area (Å²) in [6.07, 6.45) is 10.7. The molecule has 1 atom stereocenters. The fourth-order valence-electron chi connectivity index (χ4n) is 3.87. The summed E-state index contributed by atoms with van der Waals surface area (Å²) >= 11 is 0. The van der Waals surface area contributed by atoms with Crippen LogP contribution in [0.5, 0.6) is 0 Å². The van der Waals surface area contributed by atoms with Crippen LogP contribution in [0, 0.1) is 0 Å². The molecule has 1 unspecified atom stereocenters. The molecule has 4 nitrogen and oxygen atoms in total. The third-order valence-electron chi connectivity index (χ3n) is 5.14. The van der Waals surface area contributed by atoms with Gasteiger partial charge in [0.25, 0.3) is 0 Å². The maximum Gasteiger partial charge on any atom is 0.123 e. The molecule has 0 aliphatic heterocycles. The zero-order valence-electron chi connectivity index (χ0n) is 13.7. The van der Waals surface area contributed by atoms with E-state index < -0.39 is 0 Å². The number of hydrogen-bond acceptors (Lipinski definition) is 4. The molecule has 0 radical (unpaired) electrons.